The van der Waals surface area contributed by atoms with Gasteiger partial charge in [0.2, 0.25) is 5.91 Å². The molecule has 1 aromatic rings. The van der Waals surface area contributed by atoms with Gasteiger partial charge >= 0.3 is 4.87 Å². The van der Waals surface area contributed by atoms with Crippen LogP contribution in [0.1, 0.15) is 19.5 Å². The summed E-state index contributed by atoms with van der Waals surface area (Å²) in [5.41, 5.74) is 0.536. The maximum absolute atomic E-state index is 12.2. The highest BCUT2D eigenvalue weighted by molar-refractivity contribution is 7.07. The minimum atomic E-state index is -0.303. The molecule has 2 rings (SSSR count). The van der Waals surface area contributed by atoms with Gasteiger partial charge in [0.05, 0.1) is 12.2 Å². The van der Waals surface area contributed by atoms with Crippen molar-refractivity contribution in [3.05, 3.63) is 20.7 Å². The predicted molar refractivity (Wildman–Crippen MR) is 69.9 cm³/mol. The summed E-state index contributed by atoms with van der Waals surface area (Å²) in [6.07, 6.45) is 0. The largest absolute Gasteiger partial charge is 0.372 e. The predicted octanol–water partition coefficient (Wildman–Crippen LogP) is 0.856. The number of carbonyl (C=O) groups is 1. The number of hydrogen-bond donors (Lipinski definition) is 0. The maximum atomic E-state index is 12.2. The molecule has 0 saturated carbocycles. The van der Waals surface area contributed by atoms with E-state index in [0.717, 1.165) is 17.0 Å². The molecule has 1 amide bonds. The van der Waals surface area contributed by atoms with Crippen molar-refractivity contribution in [3.63, 3.8) is 0 Å². The van der Waals surface area contributed by atoms with Gasteiger partial charge < -0.3 is 9.64 Å². The van der Waals surface area contributed by atoms with Crippen LogP contribution >= 0.6 is 11.3 Å². The number of nitrogens with zero attached hydrogens (tertiary/aromatic N) is 2. The van der Waals surface area contributed by atoms with E-state index in [1.54, 1.807) is 10.3 Å². The van der Waals surface area contributed by atoms with Gasteiger partial charge in [0.15, 0.2) is 0 Å². The van der Waals surface area contributed by atoms with E-state index in [2.05, 4.69) is 0 Å². The van der Waals surface area contributed by atoms with Crippen molar-refractivity contribution in [2.24, 2.45) is 0 Å². The van der Waals surface area contributed by atoms with Crippen LogP contribution in [0.4, 0.5) is 0 Å². The fourth-order valence-corrected chi connectivity index (χ4v) is 2.80. The average molecular weight is 270 g/mol. The lowest BCUT2D eigenvalue weighted by Crippen LogP contribution is -2.51. The van der Waals surface area contributed by atoms with E-state index in [1.807, 2.05) is 20.8 Å². The summed E-state index contributed by atoms with van der Waals surface area (Å²) in [6.45, 7) is 7.63. The van der Waals surface area contributed by atoms with Crippen LogP contribution in [0.15, 0.2) is 10.2 Å². The number of hydrogen-bond acceptors (Lipinski definition) is 4. The van der Waals surface area contributed by atoms with Gasteiger partial charge in [0.25, 0.3) is 0 Å². The smallest absolute Gasteiger partial charge is 0.307 e. The Labute approximate surface area is 110 Å². The van der Waals surface area contributed by atoms with Gasteiger partial charge in [0.1, 0.15) is 6.54 Å². The van der Waals surface area contributed by atoms with Crippen LogP contribution in [-0.4, -0.2) is 40.7 Å². The molecule has 0 aromatic carbocycles. The lowest BCUT2D eigenvalue weighted by molar-refractivity contribution is -0.146. The van der Waals surface area contributed by atoms with Gasteiger partial charge in [-0.25, -0.2) is 0 Å². The highest BCUT2D eigenvalue weighted by Crippen LogP contribution is 2.16. The molecule has 0 N–H and O–H groups in total. The molecular weight excluding hydrogens is 252 g/mol. The molecule has 2 heterocycles. The number of thiazole rings is 1. The molecule has 100 valence electrons. The fourth-order valence-electron chi connectivity index (χ4n) is 2.06. The number of morpholine rings is 1. The molecule has 0 bridgehead atoms. The van der Waals surface area contributed by atoms with E-state index < -0.39 is 0 Å². The second-order valence-electron chi connectivity index (χ2n) is 5.15. The van der Waals surface area contributed by atoms with Crippen LogP contribution in [0, 0.1) is 6.92 Å². The van der Waals surface area contributed by atoms with Crippen molar-refractivity contribution >= 4 is 17.2 Å². The molecule has 0 atom stereocenters. The summed E-state index contributed by atoms with van der Waals surface area (Å²) in [4.78, 5) is 25.4. The van der Waals surface area contributed by atoms with Gasteiger partial charge in [-0.2, -0.15) is 0 Å². The van der Waals surface area contributed by atoms with E-state index in [4.69, 9.17) is 4.74 Å². The summed E-state index contributed by atoms with van der Waals surface area (Å²) < 4.78 is 7.09. The van der Waals surface area contributed by atoms with E-state index >= 15 is 0 Å². The molecule has 6 heteroatoms. The van der Waals surface area contributed by atoms with Crippen LogP contribution in [0.25, 0.3) is 0 Å². The maximum Gasteiger partial charge on any atom is 0.307 e. The highest BCUT2D eigenvalue weighted by Gasteiger charge is 2.30. The Hall–Kier alpha value is -1.14. The van der Waals surface area contributed by atoms with Gasteiger partial charge in [-0.15, -0.1) is 0 Å². The normalized spacial score (nSPS) is 18.9. The number of amides is 1. The molecule has 0 aliphatic carbocycles. The third-order valence-corrected chi connectivity index (χ3v) is 3.93. The van der Waals surface area contributed by atoms with Crippen LogP contribution < -0.4 is 4.87 Å². The van der Waals surface area contributed by atoms with E-state index in [9.17, 15) is 9.59 Å². The van der Waals surface area contributed by atoms with E-state index in [-0.39, 0.29) is 22.9 Å². The third-order valence-electron chi connectivity index (χ3n) is 3.05. The Kier molecular flexibility index (Phi) is 3.59. The van der Waals surface area contributed by atoms with Crippen LogP contribution in [0.5, 0.6) is 0 Å². The minimum Gasteiger partial charge on any atom is -0.372 e. The summed E-state index contributed by atoms with van der Waals surface area (Å²) in [7, 11) is 0. The summed E-state index contributed by atoms with van der Waals surface area (Å²) in [5, 5.41) is 1.78. The summed E-state index contributed by atoms with van der Waals surface area (Å²) >= 11 is 1.13. The molecule has 1 aromatic heterocycles. The zero-order valence-corrected chi connectivity index (χ0v) is 11.7. The zero-order chi connectivity index (χ0) is 13.3. The molecular formula is C12H18N2O3S. The van der Waals surface area contributed by atoms with Crippen LogP contribution in [-0.2, 0) is 16.1 Å². The molecule has 5 nitrogen and oxygen atoms in total. The van der Waals surface area contributed by atoms with Crippen LogP contribution in [0.2, 0.25) is 0 Å². The van der Waals surface area contributed by atoms with Crippen molar-refractivity contribution in [1.29, 1.82) is 0 Å². The standard InChI is InChI=1S/C12H18N2O3S/c1-9-7-18-11(16)14(9)6-10(15)13-4-5-17-12(2,3)8-13/h7H,4-6,8H2,1-3H3. The number of carbonyl (C=O) groups excluding carboxylic acids is 1. The van der Waals surface area contributed by atoms with E-state index in [1.165, 1.54) is 4.57 Å². The quantitative estimate of drug-likeness (QED) is 0.801. The van der Waals surface area contributed by atoms with Crippen molar-refractivity contribution in [2.75, 3.05) is 19.7 Å². The molecule has 1 aliphatic heterocycles. The molecule has 1 saturated heterocycles. The fraction of sp³-hybridized carbons (Fsp3) is 0.667. The first-order valence-electron chi connectivity index (χ1n) is 5.96. The van der Waals surface area contributed by atoms with Crippen molar-refractivity contribution in [2.45, 2.75) is 32.9 Å². The van der Waals surface area contributed by atoms with Crippen molar-refractivity contribution < 1.29 is 9.53 Å². The van der Waals surface area contributed by atoms with E-state index in [0.29, 0.717) is 19.7 Å². The Bertz CT molecular complexity index is 504. The second kappa shape index (κ2) is 4.85. The third kappa shape index (κ3) is 2.81. The van der Waals surface area contributed by atoms with Gasteiger partial charge in [0, 0.05) is 24.2 Å². The van der Waals surface area contributed by atoms with Gasteiger partial charge in [-0.1, -0.05) is 11.3 Å². The number of rotatable bonds is 2. The number of aromatic nitrogens is 1. The Balaban J connectivity index is 2.07. The minimum absolute atomic E-state index is 0.0185. The SMILES string of the molecule is Cc1csc(=O)n1CC(=O)N1CCOC(C)(C)C1. The molecule has 0 radical (unpaired) electrons. The Morgan fingerprint density at radius 2 is 2.28 bits per heavy atom. The first kappa shape index (κ1) is 13.3. The molecule has 1 fully saturated rings. The highest BCUT2D eigenvalue weighted by atomic mass is 32.1. The average Bonchev–Trinajstić information content (AvgIpc) is 2.59. The topological polar surface area (TPSA) is 51.5 Å². The molecule has 1 aliphatic rings. The number of aryl methyl sites for hydroxylation is 1. The zero-order valence-electron chi connectivity index (χ0n) is 10.9. The first-order valence-corrected chi connectivity index (χ1v) is 6.84. The van der Waals surface area contributed by atoms with Crippen molar-refractivity contribution in [3.8, 4) is 0 Å². The monoisotopic (exact) mass is 270 g/mol. The van der Waals surface area contributed by atoms with Crippen molar-refractivity contribution in [1.82, 2.24) is 9.47 Å². The molecule has 0 unspecified atom stereocenters. The second-order valence-corrected chi connectivity index (χ2v) is 5.97. The van der Waals surface area contributed by atoms with Crippen LogP contribution in [0.3, 0.4) is 0 Å². The first-order chi connectivity index (χ1) is 8.39. The summed E-state index contributed by atoms with van der Waals surface area (Å²) in [5.74, 6) is -0.0185. The lowest BCUT2D eigenvalue weighted by atomic mass is 10.1. The lowest BCUT2D eigenvalue weighted by Gasteiger charge is -2.38. The van der Waals surface area contributed by atoms with Gasteiger partial charge in [-0.05, 0) is 20.8 Å². The Morgan fingerprint density at radius 1 is 1.56 bits per heavy atom. The number of ether oxygens (including phenoxy) is 1. The summed E-state index contributed by atoms with van der Waals surface area (Å²) in [6, 6.07) is 0. The Morgan fingerprint density at radius 3 is 2.83 bits per heavy atom. The van der Waals surface area contributed by atoms with Gasteiger partial charge in [-0.3, -0.25) is 14.2 Å². The molecule has 0 spiro atoms. The molecule has 18 heavy (non-hydrogen) atoms.